The van der Waals surface area contributed by atoms with E-state index < -0.39 is 28.5 Å². The lowest BCUT2D eigenvalue weighted by Crippen LogP contribution is -2.53. The maximum Gasteiger partial charge on any atom is 0.264 e. The number of ether oxygens (including phenoxy) is 1. The average Bonchev–Trinajstić information content (AvgIpc) is 3.02. The molecule has 44 heavy (non-hydrogen) atoms. The lowest BCUT2D eigenvalue weighted by Gasteiger charge is -2.34. The summed E-state index contributed by atoms with van der Waals surface area (Å²) in [5.74, 6) is -0.553. The summed E-state index contributed by atoms with van der Waals surface area (Å²) in [6, 6.07) is 28.2. The van der Waals surface area contributed by atoms with Crippen molar-refractivity contribution in [1.82, 2.24) is 10.2 Å². The third kappa shape index (κ3) is 8.19. The Morgan fingerprint density at radius 1 is 0.909 bits per heavy atom. The Bertz CT molecular complexity index is 1690. The molecule has 230 valence electrons. The van der Waals surface area contributed by atoms with Gasteiger partial charge in [0.15, 0.2) is 0 Å². The molecule has 0 heterocycles. The van der Waals surface area contributed by atoms with Crippen molar-refractivity contribution in [3.8, 4) is 5.75 Å². The van der Waals surface area contributed by atoms with Gasteiger partial charge in [-0.25, -0.2) is 8.42 Å². The number of benzene rings is 4. The Balaban J connectivity index is 1.81. The number of methoxy groups -OCH3 is 1. The standard InChI is InChI=1S/C33H33BrClN3O5S/c1-3-36-33(40)30(20-24-11-6-4-7-12-24)37(22-25-13-10-14-26(34)19-25)32(39)23-38(27-17-18-31(43-2)29(35)21-27)44(41,42)28-15-8-5-9-16-28/h4-19,21,30H,3,20,22-23H2,1-2H3,(H,36,40). The molecule has 0 bridgehead atoms. The molecule has 11 heteroatoms. The minimum atomic E-state index is -4.24. The third-order valence-corrected chi connectivity index (χ3v) is 9.47. The molecule has 8 nitrogen and oxygen atoms in total. The molecule has 0 saturated heterocycles. The molecule has 1 unspecified atom stereocenters. The molecule has 4 rings (SSSR count). The van der Waals surface area contributed by atoms with Gasteiger partial charge in [-0.3, -0.25) is 13.9 Å². The molecule has 0 spiro atoms. The number of nitrogens with zero attached hydrogens (tertiary/aromatic N) is 2. The molecule has 4 aromatic carbocycles. The first-order valence-corrected chi connectivity index (χ1v) is 16.5. The van der Waals surface area contributed by atoms with E-state index >= 15 is 0 Å². The van der Waals surface area contributed by atoms with Gasteiger partial charge in [0.1, 0.15) is 18.3 Å². The number of hydrogen-bond donors (Lipinski definition) is 1. The molecular formula is C33H33BrClN3O5S. The summed E-state index contributed by atoms with van der Waals surface area (Å²) in [6.45, 7) is 1.65. The van der Waals surface area contributed by atoms with Gasteiger partial charge in [0.25, 0.3) is 10.0 Å². The van der Waals surface area contributed by atoms with Gasteiger partial charge < -0.3 is 15.0 Å². The Hall–Kier alpha value is -3.86. The second kappa shape index (κ2) is 15.2. The van der Waals surface area contributed by atoms with Crippen molar-refractivity contribution in [3.05, 3.63) is 124 Å². The number of anilines is 1. The van der Waals surface area contributed by atoms with Gasteiger partial charge in [-0.1, -0.05) is 88.2 Å². The van der Waals surface area contributed by atoms with Crippen LogP contribution in [-0.4, -0.2) is 51.4 Å². The van der Waals surface area contributed by atoms with Gasteiger partial charge in [-0.15, -0.1) is 0 Å². The van der Waals surface area contributed by atoms with Gasteiger partial charge in [0, 0.05) is 24.0 Å². The number of hydrogen-bond acceptors (Lipinski definition) is 5. The van der Waals surface area contributed by atoms with E-state index in [0.29, 0.717) is 12.3 Å². The van der Waals surface area contributed by atoms with Gasteiger partial charge in [-0.05, 0) is 60.5 Å². The lowest BCUT2D eigenvalue weighted by atomic mass is 10.0. The number of nitrogens with one attached hydrogen (secondary N) is 1. The van der Waals surface area contributed by atoms with Crippen LogP contribution in [0, 0.1) is 0 Å². The van der Waals surface area contributed by atoms with Crippen LogP contribution >= 0.6 is 27.5 Å². The normalized spacial score (nSPS) is 11.8. The van der Waals surface area contributed by atoms with Crippen molar-refractivity contribution in [2.24, 2.45) is 0 Å². The molecule has 0 fully saturated rings. The van der Waals surface area contributed by atoms with Gasteiger partial charge in [0.2, 0.25) is 11.8 Å². The van der Waals surface area contributed by atoms with Crippen LogP contribution in [-0.2, 0) is 32.6 Å². The SMILES string of the molecule is CCNC(=O)C(Cc1ccccc1)N(Cc1cccc(Br)c1)C(=O)CN(c1ccc(OC)c(Cl)c1)S(=O)(=O)c1ccccc1. The Kier molecular flexibility index (Phi) is 11.4. The second-order valence-corrected chi connectivity index (χ2v) is 13.1. The maximum atomic E-state index is 14.4. The maximum absolute atomic E-state index is 14.4. The smallest absolute Gasteiger partial charge is 0.264 e. The lowest BCUT2D eigenvalue weighted by molar-refractivity contribution is -0.140. The topological polar surface area (TPSA) is 96.0 Å². The molecule has 1 atom stereocenters. The number of rotatable bonds is 13. The van der Waals surface area contributed by atoms with E-state index in [0.717, 1.165) is 19.9 Å². The van der Waals surface area contributed by atoms with Crippen LogP contribution in [0.4, 0.5) is 5.69 Å². The summed E-state index contributed by atoms with van der Waals surface area (Å²) in [4.78, 5) is 29.4. The highest BCUT2D eigenvalue weighted by Gasteiger charge is 2.34. The second-order valence-electron chi connectivity index (χ2n) is 9.90. The Morgan fingerprint density at radius 3 is 2.18 bits per heavy atom. The van der Waals surface area contributed by atoms with Crippen LogP contribution < -0.4 is 14.4 Å². The number of amides is 2. The summed E-state index contributed by atoms with van der Waals surface area (Å²) < 4.78 is 35.2. The van der Waals surface area contributed by atoms with Crippen molar-refractivity contribution < 1.29 is 22.7 Å². The fourth-order valence-electron chi connectivity index (χ4n) is 4.74. The predicted octanol–water partition coefficient (Wildman–Crippen LogP) is 6.08. The fourth-order valence-corrected chi connectivity index (χ4v) is 6.86. The van der Waals surface area contributed by atoms with E-state index in [1.807, 2.05) is 54.6 Å². The van der Waals surface area contributed by atoms with Crippen LogP contribution in [0.1, 0.15) is 18.1 Å². The van der Waals surface area contributed by atoms with Crippen LogP contribution in [0.3, 0.4) is 0 Å². The first-order chi connectivity index (χ1) is 21.1. The zero-order valence-electron chi connectivity index (χ0n) is 24.3. The fraction of sp³-hybridized carbons (Fsp3) is 0.212. The summed E-state index contributed by atoms with van der Waals surface area (Å²) >= 11 is 9.89. The molecule has 0 saturated carbocycles. The van der Waals surface area contributed by atoms with Gasteiger partial charge in [-0.2, -0.15) is 0 Å². The summed E-state index contributed by atoms with van der Waals surface area (Å²) in [5.41, 5.74) is 1.79. The van der Waals surface area contributed by atoms with Gasteiger partial charge in [0.05, 0.1) is 22.7 Å². The zero-order valence-corrected chi connectivity index (χ0v) is 27.5. The van der Waals surface area contributed by atoms with E-state index in [2.05, 4.69) is 21.2 Å². The quantitative estimate of drug-likeness (QED) is 0.183. The highest BCUT2D eigenvalue weighted by atomic mass is 79.9. The molecule has 0 radical (unpaired) electrons. The van der Waals surface area contributed by atoms with Crippen LogP contribution in [0.15, 0.2) is 112 Å². The molecule has 2 amide bonds. The number of carbonyl (C=O) groups excluding carboxylic acids is 2. The summed E-state index contributed by atoms with van der Waals surface area (Å²) in [5, 5.41) is 3.04. The van der Waals surface area contributed by atoms with E-state index in [4.69, 9.17) is 16.3 Å². The van der Waals surface area contributed by atoms with Crippen molar-refractivity contribution in [2.75, 3.05) is 24.5 Å². The molecule has 0 aliphatic rings. The van der Waals surface area contributed by atoms with Crippen LogP contribution in [0.5, 0.6) is 5.75 Å². The number of sulfonamides is 1. The number of halogens is 2. The molecule has 0 aliphatic heterocycles. The number of carbonyl (C=O) groups is 2. The summed E-state index contributed by atoms with van der Waals surface area (Å²) in [6.07, 6.45) is 0.228. The van der Waals surface area contributed by atoms with Crippen molar-refractivity contribution in [3.63, 3.8) is 0 Å². The van der Waals surface area contributed by atoms with Gasteiger partial charge >= 0.3 is 0 Å². The van der Waals surface area contributed by atoms with E-state index in [1.54, 1.807) is 31.2 Å². The van der Waals surface area contributed by atoms with Crippen LogP contribution in [0.2, 0.25) is 5.02 Å². The van der Waals surface area contributed by atoms with Crippen molar-refractivity contribution in [2.45, 2.75) is 30.8 Å². The van der Waals surface area contributed by atoms with E-state index in [-0.39, 0.29) is 34.5 Å². The molecule has 0 aliphatic carbocycles. The minimum absolute atomic E-state index is 0.00263. The van der Waals surface area contributed by atoms with Crippen LogP contribution in [0.25, 0.3) is 0 Å². The zero-order chi connectivity index (χ0) is 31.7. The monoisotopic (exact) mass is 697 g/mol. The van der Waals surface area contributed by atoms with Crippen molar-refractivity contribution in [1.29, 1.82) is 0 Å². The largest absolute Gasteiger partial charge is 0.495 e. The first kappa shape index (κ1) is 33.0. The number of likely N-dealkylation sites (N-methyl/N-ethyl adjacent to an activating group) is 1. The first-order valence-electron chi connectivity index (χ1n) is 13.9. The molecule has 4 aromatic rings. The van der Waals surface area contributed by atoms with E-state index in [9.17, 15) is 18.0 Å². The highest BCUT2D eigenvalue weighted by molar-refractivity contribution is 9.10. The van der Waals surface area contributed by atoms with E-state index in [1.165, 1.54) is 36.3 Å². The Labute approximate surface area is 271 Å². The van der Waals surface area contributed by atoms with Crippen molar-refractivity contribution >= 4 is 55.1 Å². The summed E-state index contributed by atoms with van der Waals surface area (Å²) in [7, 11) is -2.78. The minimum Gasteiger partial charge on any atom is -0.495 e. The molecule has 0 aromatic heterocycles. The molecule has 1 N–H and O–H groups in total. The average molecular weight is 699 g/mol. The third-order valence-electron chi connectivity index (χ3n) is 6.90. The highest BCUT2D eigenvalue weighted by Crippen LogP contribution is 2.32. The Morgan fingerprint density at radius 2 is 1.57 bits per heavy atom. The predicted molar refractivity (Wildman–Crippen MR) is 176 cm³/mol. The molecular weight excluding hydrogens is 666 g/mol.